The minimum absolute atomic E-state index is 0.0534. The monoisotopic (exact) mass is 357 g/mol. The molecular formula is C22H31NO3. The third-order valence-electron chi connectivity index (χ3n) is 5.94. The predicted molar refractivity (Wildman–Crippen MR) is 102 cm³/mol. The molecule has 26 heavy (non-hydrogen) atoms. The average molecular weight is 357 g/mol. The van der Waals surface area contributed by atoms with Crippen molar-refractivity contribution in [3.63, 3.8) is 0 Å². The van der Waals surface area contributed by atoms with Gasteiger partial charge < -0.3 is 10.0 Å². The average Bonchev–Trinajstić information content (AvgIpc) is 3.39. The molecule has 1 aromatic rings. The van der Waals surface area contributed by atoms with E-state index >= 15 is 0 Å². The number of aliphatic carboxylic acids is 1. The van der Waals surface area contributed by atoms with Crippen LogP contribution >= 0.6 is 0 Å². The summed E-state index contributed by atoms with van der Waals surface area (Å²) in [5, 5.41) is 9.86. The maximum Gasteiger partial charge on any atom is 0.307 e. The van der Waals surface area contributed by atoms with Crippen LogP contribution in [0.1, 0.15) is 57.9 Å². The summed E-state index contributed by atoms with van der Waals surface area (Å²) >= 11 is 0. The molecule has 0 radical (unpaired) electrons. The van der Waals surface area contributed by atoms with Crippen LogP contribution in [0.2, 0.25) is 0 Å². The molecule has 1 heterocycles. The van der Waals surface area contributed by atoms with E-state index in [-0.39, 0.29) is 5.91 Å². The van der Waals surface area contributed by atoms with Crippen molar-refractivity contribution in [3.05, 3.63) is 35.9 Å². The lowest BCUT2D eigenvalue weighted by Gasteiger charge is -2.34. The molecule has 2 fully saturated rings. The number of likely N-dealkylation sites (tertiary alicyclic amines) is 1. The lowest BCUT2D eigenvalue weighted by Crippen LogP contribution is -2.45. The van der Waals surface area contributed by atoms with Crippen molar-refractivity contribution in [1.82, 2.24) is 4.90 Å². The zero-order valence-electron chi connectivity index (χ0n) is 16.1. The highest BCUT2D eigenvalue weighted by Gasteiger charge is 2.45. The Bertz CT molecular complexity index is 645. The number of rotatable bonds is 5. The summed E-state index contributed by atoms with van der Waals surface area (Å²) in [4.78, 5) is 27.3. The van der Waals surface area contributed by atoms with Crippen molar-refractivity contribution < 1.29 is 14.7 Å². The Morgan fingerprint density at radius 2 is 1.81 bits per heavy atom. The Hall–Kier alpha value is -1.84. The quantitative estimate of drug-likeness (QED) is 0.860. The van der Waals surface area contributed by atoms with Gasteiger partial charge in [0, 0.05) is 19.0 Å². The topological polar surface area (TPSA) is 57.6 Å². The van der Waals surface area contributed by atoms with Crippen LogP contribution < -0.4 is 0 Å². The lowest BCUT2D eigenvalue weighted by molar-refractivity contribution is -0.155. The molecule has 1 aliphatic carbocycles. The Morgan fingerprint density at radius 1 is 1.15 bits per heavy atom. The van der Waals surface area contributed by atoms with Gasteiger partial charge in [0.25, 0.3) is 0 Å². The summed E-state index contributed by atoms with van der Waals surface area (Å²) in [5.74, 6) is -0.977. The number of amides is 1. The largest absolute Gasteiger partial charge is 0.481 e. The number of carboxylic acids is 1. The lowest BCUT2D eigenvalue weighted by atomic mass is 9.71. The normalized spacial score (nSPS) is 25.7. The van der Waals surface area contributed by atoms with E-state index in [0.717, 1.165) is 13.0 Å². The van der Waals surface area contributed by atoms with Crippen molar-refractivity contribution in [1.29, 1.82) is 0 Å². The first-order valence-electron chi connectivity index (χ1n) is 9.84. The van der Waals surface area contributed by atoms with E-state index in [9.17, 15) is 14.7 Å². The molecule has 3 atom stereocenters. The first kappa shape index (κ1) is 18.9. The van der Waals surface area contributed by atoms with Gasteiger partial charge >= 0.3 is 5.97 Å². The highest BCUT2D eigenvalue weighted by atomic mass is 16.4. The summed E-state index contributed by atoms with van der Waals surface area (Å²) < 4.78 is 0. The van der Waals surface area contributed by atoms with Gasteiger partial charge in [-0.2, -0.15) is 0 Å². The van der Waals surface area contributed by atoms with Gasteiger partial charge in [-0.25, -0.2) is 0 Å². The number of hydrogen-bond acceptors (Lipinski definition) is 2. The van der Waals surface area contributed by atoms with Crippen molar-refractivity contribution in [2.24, 2.45) is 23.2 Å². The number of carbonyl (C=O) groups is 2. The highest BCUT2D eigenvalue weighted by Crippen LogP contribution is 2.41. The van der Waals surface area contributed by atoms with Gasteiger partial charge in [-0.3, -0.25) is 9.59 Å². The molecule has 142 valence electrons. The molecule has 1 saturated carbocycles. The molecule has 1 aliphatic heterocycles. The maximum atomic E-state index is 13.3. The maximum absolute atomic E-state index is 13.3. The van der Waals surface area contributed by atoms with E-state index in [1.807, 2.05) is 43.9 Å². The van der Waals surface area contributed by atoms with Gasteiger partial charge in [-0.1, -0.05) is 51.1 Å². The second-order valence-corrected chi connectivity index (χ2v) is 9.16. The van der Waals surface area contributed by atoms with Crippen LogP contribution in [0.15, 0.2) is 30.3 Å². The smallest absolute Gasteiger partial charge is 0.307 e. The minimum Gasteiger partial charge on any atom is -0.481 e. The van der Waals surface area contributed by atoms with Gasteiger partial charge in [-0.15, -0.1) is 0 Å². The molecule has 1 saturated heterocycles. The van der Waals surface area contributed by atoms with Crippen molar-refractivity contribution in [3.8, 4) is 0 Å². The summed E-state index contributed by atoms with van der Waals surface area (Å²) in [7, 11) is 0. The molecule has 1 N–H and O–H groups in total. The third-order valence-corrected chi connectivity index (χ3v) is 5.94. The van der Waals surface area contributed by atoms with Crippen molar-refractivity contribution >= 4 is 11.9 Å². The molecule has 1 aromatic carbocycles. The first-order valence-corrected chi connectivity index (χ1v) is 9.84. The van der Waals surface area contributed by atoms with E-state index in [1.54, 1.807) is 0 Å². The molecule has 3 rings (SSSR count). The molecule has 0 aromatic heterocycles. The molecule has 2 aliphatic rings. The van der Waals surface area contributed by atoms with Crippen molar-refractivity contribution in [2.45, 2.75) is 52.4 Å². The van der Waals surface area contributed by atoms with Crippen LogP contribution in [0.5, 0.6) is 0 Å². The molecule has 4 nitrogen and oxygen atoms in total. The second kappa shape index (κ2) is 7.42. The van der Waals surface area contributed by atoms with Crippen LogP contribution in [0.3, 0.4) is 0 Å². The zero-order chi connectivity index (χ0) is 18.9. The Kier molecular flexibility index (Phi) is 5.40. The number of carbonyl (C=O) groups excluding carboxylic acids is 1. The molecule has 4 heteroatoms. The summed E-state index contributed by atoms with van der Waals surface area (Å²) in [6, 6.07) is 10.3. The van der Waals surface area contributed by atoms with E-state index < -0.39 is 23.2 Å². The van der Waals surface area contributed by atoms with Crippen LogP contribution in [0, 0.1) is 23.2 Å². The standard InChI is InChI=1S/C22H31NO3/c1-22(2,3)19(21(25)26)18-12-11-17(16-7-5-4-6-8-16)14-23(20(18)24)13-15-9-10-15/h4-8,15,17-19H,9-14H2,1-3H3,(H,25,26). The minimum atomic E-state index is -0.847. The van der Waals surface area contributed by atoms with Gasteiger partial charge in [0.05, 0.1) is 11.8 Å². The Balaban J connectivity index is 1.89. The fraction of sp³-hybridized carbons (Fsp3) is 0.636. The van der Waals surface area contributed by atoms with Gasteiger partial charge in [0.2, 0.25) is 5.91 Å². The SMILES string of the molecule is CC(C)(C)C(C(=O)O)C1CCC(c2ccccc2)CN(CC2CC2)C1=O. The third kappa shape index (κ3) is 4.28. The van der Waals surface area contributed by atoms with Gasteiger partial charge in [0.15, 0.2) is 0 Å². The number of benzene rings is 1. The van der Waals surface area contributed by atoms with Crippen LogP contribution in [-0.4, -0.2) is 35.0 Å². The van der Waals surface area contributed by atoms with E-state index in [2.05, 4.69) is 12.1 Å². The van der Waals surface area contributed by atoms with Crippen LogP contribution in [0.4, 0.5) is 0 Å². The highest BCUT2D eigenvalue weighted by molar-refractivity contribution is 5.85. The molecule has 1 amide bonds. The molecule has 3 unspecified atom stereocenters. The number of carboxylic acid groups (broad SMARTS) is 1. The van der Waals surface area contributed by atoms with Gasteiger partial charge in [-0.05, 0) is 42.6 Å². The fourth-order valence-electron chi connectivity index (χ4n) is 4.42. The Morgan fingerprint density at radius 3 is 2.35 bits per heavy atom. The van der Waals surface area contributed by atoms with Gasteiger partial charge in [0.1, 0.15) is 0 Å². The van der Waals surface area contributed by atoms with Crippen LogP contribution in [0.25, 0.3) is 0 Å². The van der Waals surface area contributed by atoms with E-state index in [1.165, 1.54) is 18.4 Å². The summed E-state index contributed by atoms with van der Waals surface area (Å²) in [6.45, 7) is 7.30. The summed E-state index contributed by atoms with van der Waals surface area (Å²) in [6.07, 6.45) is 3.88. The zero-order valence-corrected chi connectivity index (χ0v) is 16.1. The molecular weight excluding hydrogens is 326 g/mol. The Labute approximate surface area is 156 Å². The predicted octanol–water partition coefficient (Wildman–Crippen LogP) is 4.17. The molecule has 0 bridgehead atoms. The van der Waals surface area contributed by atoms with E-state index in [4.69, 9.17) is 0 Å². The summed E-state index contributed by atoms with van der Waals surface area (Å²) in [5.41, 5.74) is 0.814. The number of nitrogens with zero attached hydrogens (tertiary/aromatic N) is 1. The number of hydrogen-bond donors (Lipinski definition) is 1. The first-order chi connectivity index (χ1) is 12.3. The van der Waals surface area contributed by atoms with Crippen molar-refractivity contribution in [2.75, 3.05) is 13.1 Å². The van der Waals surface area contributed by atoms with Crippen LogP contribution in [-0.2, 0) is 9.59 Å². The molecule has 0 spiro atoms. The second-order valence-electron chi connectivity index (χ2n) is 9.16. The van der Waals surface area contributed by atoms with E-state index in [0.29, 0.717) is 24.8 Å². The fourth-order valence-corrected chi connectivity index (χ4v) is 4.42.